The SMILES string of the molecule is Cc1cc(C)cc(C(=CCCl)CBr)c1. The minimum Gasteiger partial charge on any atom is -0.122 e. The van der Waals surface area contributed by atoms with E-state index in [0.717, 1.165) is 5.33 Å². The van der Waals surface area contributed by atoms with Crippen LogP contribution in [0, 0.1) is 13.8 Å². The van der Waals surface area contributed by atoms with Gasteiger partial charge >= 0.3 is 0 Å². The highest BCUT2D eigenvalue weighted by atomic mass is 79.9. The maximum Gasteiger partial charge on any atom is 0.0410 e. The lowest BCUT2D eigenvalue weighted by Gasteiger charge is -2.06. The molecule has 0 spiro atoms. The summed E-state index contributed by atoms with van der Waals surface area (Å²) in [6.07, 6.45) is 2.05. The lowest BCUT2D eigenvalue weighted by atomic mass is 10.0. The van der Waals surface area contributed by atoms with Gasteiger partial charge in [0.2, 0.25) is 0 Å². The zero-order valence-electron chi connectivity index (χ0n) is 8.48. The van der Waals surface area contributed by atoms with Gasteiger partial charge in [-0.15, -0.1) is 11.6 Å². The van der Waals surface area contributed by atoms with Crippen molar-refractivity contribution < 1.29 is 0 Å². The van der Waals surface area contributed by atoms with E-state index in [4.69, 9.17) is 11.6 Å². The van der Waals surface area contributed by atoms with Crippen molar-refractivity contribution in [3.05, 3.63) is 41.0 Å². The maximum atomic E-state index is 5.71. The molecule has 0 nitrogen and oxygen atoms in total. The van der Waals surface area contributed by atoms with Crippen molar-refractivity contribution >= 4 is 33.1 Å². The molecule has 0 bridgehead atoms. The molecule has 0 radical (unpaired) electrons. The van der Waals surface area contributed by atoms with Gasteiger partial charge in [0.15, 0.2) is 0 Å². The number of benzene rings is 1. The second-order valence-corrected chi connectivity index (χ2v) is 4.26. The van der Waals surface area contributed by atoms with Crippen LogP contribution in [-0.4, -0.2) is 11.2 Å². The van der Waals surface area contributed by atoms with Gasteiger partial charge in [-0.05, 0) is 25.0 Å². The number of aryl methyl sites for hydroxylation is 2. The van der Waals surface area contributed by atoms with Crippen molar-refractivity contribution in [2.75, 3.05) is 11.2 Å². The highest BCUT2D eigenvalue weighted by molar-refractivity contribution is 9.09. The minimum atomic E-state index is 0.563. The smallest absolute Gasteiger partial charge is 0.0410 e. The van der Waals surface area contributed by atoms with Gasteiger partial charge in [-0.1, -0.05) is 51.3 Å². The third-order valence-electron chi connectivity index (χ3n) is 2.06. The lowest BCUT2D eigenvalue weighted by molar-refractivity contribution is 1.36. The van der Waals surface area contributed by atoms with Crippen LogP contribution in [-0.2, 0) is 0 Å². The van der Waals surface area contributed by atoms with Crippen LogP contribution in [0.25, 0.3) is 5.57 Å². The fourth-order valence-corrected chi connectivity index (χ4v) is 2.24. The second kappa shape index (κ2) is 5.57. The van der Waals surface area contributed by atoms with Crippen LogP contribution in [0.2, 0.25) is 0 Å². The summed E-state index contributed by atoms with van der Waals surface area (Å²) in [4.78, 5) is 0. The Balaban J connectivity index is 3.10. The van der Waals surface area contributed by atoms with Crippen LogP contribution in [0.3, 0.4) is 0 Å². The van der Waals surface area contributed by atoms with Crippen LogP contribution in [0.1, 0.15) is 16.7 Å². The third kappa shape index (κ3) is 3.14. The fraction of sp³-hybridized carbons (Fsp3) is 0.333. The summed E-state index contributed by atoms with van der Waals surface area (Å²) in [5.74, 6) is 0.563. The molecule has 0 unspecified atom stereocenters. The topological polar surface area (TPSA) is 0 Å². The predicted molar refractivity (Wildman–Crippen MR) is 68.4 cm³/mol. The van der Waals surface area contributed by atoms with Gasteiger partial charge in [-0.25, -0.2) is 0 Å². The van der Waals surface area contributed by atoms with E-state index in [1.165, 1.54) is 22.3 Å². The summed E-state index contributed by atoms with van der Waals surface area (Å²) in [5.41, 5.74) is 5.11. The first kappa shape index (κ1) is 11.8. The van der Waals surface area contributed by atoms with Crippen LogP contribution < -0.4 is 0 Å². The Morgan fingerprint density at radius 2 is 1.86 bits per heavy atom. The molecule has 0 heterocycles. The van der Waals surface area contributed by atoms with E-state index in [2.05, 4.69) is 48.0 Å². The zero-order valence-corrected chi connectivity index (χ0v) is 10.8. The summed E-state index contributed by atoms with van der Waals surface area (Å²) in [6.45, 7) is 4.23. The Hall–Kier alpha value is -0.270. The van der Waals surface area contributed by atoms with Gasteiger partial charge in [0, 0.05) is 11.2 Å². The molecule has 76 valence electrons. The lowest BCUT2D eigenvalue weighted by Crippen LogP contribution is -1.89. The van der Waals surface area contributed by atoms with Gasteiger partial charge in [0.25, 0.3) is 0 Å². The summed E-state index contributed by atoms with van der Waals surface area (Å²) in [7, 11) is 0. The number of alkyl halides is 2. The first-order chi connectivity index (χ1) is 6.67. The highest BCUT2D eigenvalue weighted by Crippen LogP contribution is 2.20. The molecule has 1 rings (SSSR count). The van der Waals surface area contributed by atoms with E-state index >= 15 is 0 Å². The van der Waals surface area contributed by atoms with E-state index in [9.17, 15) is 0 Å². The van der Waals surface area contributed by atoms with Crippen molar-refractivity contribution in [3.63, 3.8) is 0 Å². The number of rotatable bonds is 3. The Labute approximate surface area is 99.1 Å². The molecule has 0 amide bonds. The first-order valence-electron chi connectivity index (χ1n) is 4.57. The number of allylic oxidation sites excluding steroid dienone is 2. The van der Waals surface area contributed by atoms with Crippen molar-refractivity contribution in [1.29, 1.82) is 0 Å². The Bertz CT molecular complexity index is 322. The predicted octanol–water partition coefficient (Wildman–Crippen LogP) is 4.32. The Morgan fingerprint density at radius 3 is 2.29 bits per heavy atom. The van der Waals surface area contributed by atoms with E-state index in [0.29, 0.717) is 5.88 Å². The van der Waals surface area contributed by atoms with Crippen LogP contribution in [0.5, 0.6) is 0 Å². The number of hydrogen-bond donors (Lipinski definition) is 0. The van der Waals surface area contributed by atoms with Gasteiger partial charge in [0.05, 0.1) is 0 Å². The van der Waals surface area contributed by atoms with Crippen LogP contribution in [0.4, 0.5) is 0 Å². The monoisotopic (exact) mass is 272 g/mol. The molecule has 0 aliphatic rings. The number of halogens is 2. The van der Waals surface area contributed by atoms with Gasteiger partial charge < -0.3 is 0 Å². The Morgan fingerprint density at radius 1 is 1.29 bits per heavy atom. The van der Waals surface area contributed by atoms with Crippen LogP contribution >= 0.6 is 27.5 Å². The third-order valence-corrected chi connectivity index (χ3v) is 2.82. The average Bonchev–Trinajstić information content (AvgIpc) is 2.12. The molecule has 0 N–H and O–H groups in total. The number of hydrogen-bond acceptors (Lipinski definition) is 0. The first-order valence-corrected chi connectivity index (χ1v) is 6.22. The second-order valence-electron chi connectivity index (χ2n) is 3.39. The summed E-state index contributed by atoms with van der Waals surface area (Å²) >= 11 is 9.18. The van der Waals surface area contributed by atoms with E-state index < -0.39 is 0 Å². The van der Waals surface area contributed by atoms with Crippen molar-refractivity contribution in [3.8, 4) is 0 Å². The molecule has 0 atom stereocenters. The Kier molecular flexibility index (Phi) is 4.70. The molecule has 0 aliphatic heterocycles. The largest absolute Gasteiger partial charge is 0.122 e. The molecule has 0 fully saturated rings. The fourth-order valence-electron chi connectivity index (χ4n) is 1.50. The standard InChI is InChI=1S/C12H14BrCl/c1-9-5-10(2)7-12(6-9)11(8-13)3-4-14/h3,5-7H,4,8H2,1-2H3. The van der Waals surface area contributed by atoms with Gasteiger partial charge in [0.1, 0.15) is 0 Å². The van der Waals surface area contributed by atoms with E-state index in [1.54, 1.807) is 0 Å². The molecule has 0 saturated heterocycles. The van der Waals surface area contributed by atoms with Crippen molar-refractivity contribution in [2.45, 2.75) is 13.8 Å². The van der Waals surface area contributed by atoms with Crippen molar-refractivity contribution in [1.82, 2.24) is 0 Å². The summed E-state index contributed by atoms with van der Waals surface area (Å²) in [6, 6.07) is 6.55. The molecule has 14 heavy (non-hydrogen) atoms. The highest BCUT2D eigenvalue weighted by Gasteiger charge is 2.00. The average molecular weight is 274 g/mol. The van der Waals surface area contributed by atoms with E-state index in [1.807, 2.05) is 6.08 Å². The van der Waals surface area contributed by atoms with Gasteiger partial charge in [-0.3, -0.25) is 0 Å². The molecular formula is C12H14BrCl. The summed E-state index contributed by atoms with van der Waals surface area (Å²) < 4.78 is 0. The van der Waals surface area contributed by atoms with E-state index in [-0.39, 0.29) is 0 Å². The zero-order chi connectivity index (χ0) is 10.6. The molecule has 0 aliphatic carbocycles. The van der Waals surface area contributed by atoms with Crippen LogP contribution in [0.15, 0.2) is 24.3 Å². The maximum absolute atomic E-state index is 5.71. The summed E-state index contributed by atoms with van der Waals surface area (Å²) in [5, 5.41) is 0.850. The molecular weight excluding hydrogens is 259 g/mol. The molecule has 2 heteroatoms. The molecule has 0 aromatic heterocycles. The van der Waals surface area contributed by atoms with Gasteiger partial charge in [-0.2, -0.15) is 0 Å². The molecule has 1 aromatic carbocycles. The quantitative estimate of drug-likeness (QED) is 0.720. The minimum absolute atomic E-state index is 0.563. The van der Waals surface area contributed by atoms with Crippen molar-refractivity contribution in [2.24, 2.45) is 0 Å². The molecule has 0 saturated carbocycles. The molecule has 1 aromatic rings. The normalized spacial score (nSPS) is 11.9.